The van der Waals surface area contributed by atoms with Crippen LogP contribution in [-0.2, 0) is 0 Å². The maximum Gasteiger partial charge on any atom is 0.339 e. The molecule has 2 heterocycles. The Hall–Kier alpha value is -2.08. The second kappa shape index (κ2) is 5.73. The van der Waals surface area contributed by atoms with E-state index in [2.05, 4.69) is 15.3 Å². The summed E-state index contributed by atoms with van der Waals surface area (Å²) in [5.74, 6) is -0.827. The quantitative estimate of drug-likeness (QED) is 0.692. The van der Waals surface area contributed by atoms with Gasteiger partial charge in [0.05, 0.1) is 5.69 Å². The van der Waals surface area contributed by atoms with Crippen molar-refractivity contribution in [3.8, 4) is 0 Å². The molecule has 2 aromatic heterocycles. The molecular formula is C15H19N3O3. The van der Waals surface area contributed by atoms with E-state index in [0.717, 1.165) is 31.1 Å². The van der Waals surface area contributed by atoms with Gasteiger partial charge in [-0.05, 0) is 18.9 Å². The Morgan fingerprint density at radius 1 is 1.43 bits per heavy atom. The summed E-state index contributed by atoms with van der Waals surface area (Å²) in [6.07, 6.45) is 7.25. The number of carboxylic acids is 1. The third-order valence-electron chi connectivity index (χ3n) is 4.29. The first kappa shape index (κ1) is 13.9. The Labute approximate surface area is 122 Å². The van der Waals surface area contributed by atoms with E-state index in [1.54, 1.807) is 6.20 Å². The Kier molecular flexibility index (Phi) is 3.79. The number of nitrogens with one attached hydrogen (secondary N) is 2. The Morgan fingerprint density at radius 2 is 2.24 bits per heavy atom. The number of hydrogen-bond donors (Lipinski definition) is 4. The molecule has 0 radical (unpaired) electrons. The van der Waals surface area contributed by atoms with Crippen LogP contribution in [-0.4, -0.2) is 38.8 Å². The molecule has 6 heteroatoms. The topological polar surface area (TPSA) is 98.2 Å². The van der Waals surface area contributed by atoms with E-state index in [-0.39, 0.29) is 24.1 Å². The molecule has 1 saturated carbocycles. The van der Waals surface area contributed by atoms with Crippen molar-refractivity contribution >= 4 is 22.7 Å². The smallest absolute Gasteiger partial charge is 0.339 e. The van der Waals surface area contributed by atoms with Gasteiger partial charge in [0.2, 0.25) is 0 Å². The predicted octanol–water partition coefficient (Wildman–Crippen LogP) is 2.22. The number of pyridine rings is 1. The maximum absolute atomic E-state index is 11.4. The van der Waals surface area contributed by atoms with Crippen LogP contribution in [0.25, 0.3) is 11.0 Å². The standard InChI is InChI=1S/C15H19N3O3/c19-8-9-3-1-2-4-12(9)18-13-10-5-6-16-14(10)17-7-11(13)15(20)21/h5-7,9,12,19H,1-4,8H2,(H,20,21)(H2,16,17,18)/t9-,12-/m1/s1. The summed E-state index contributed by atoms with van der Waals surface area (Å²) in [6.45, 7) is 0.126. The van der Waals surface area contributed by atoms with E-state index in [1.165, 1.54) is 6.20 Å². The van der Waals surface area contributed by atoms with Gasteiger partial charge in [0.15, 0.2) is 0 Å². The van der Waals surface area contributed by atoms with Crippen LogP contribution in [0.5, 0.6) is 0 Å². The van der Waals surface area contributed by atoms with Crippen molar-refractivity contribution in [3.05, 3.63) is 24.0 Å². The second-order valence-electron chi connectivity index (χ2n) is 5.57. The van der Waals surface area contributed by atoms with E-state index in [1.807, 2.05) is 6.07 Å². The van der Waals surface area contributed by atoms with Gasteiger partial charge in [0, 0.05) is 36.3 Å². The summed E-state index contributed by atoms with van der Waals surface area (Å²) >= 11 is 0. The largest absolute Gasteiger partial charge is 0.478 e. The number of fused-ring (bicyclic) bond motifs is 1. The van der Waals surface area contributed by atoms with Gasteiger partial charge in [-0.25, -0.2) is 9.78 Å². The molecule has 2 aromatic rings. The summed E-state index contributed by atoms with van der Waals surface area (Å²) in [4.78, 5) is 18.6. The molecule has 0 saturated heterocycles. The van der Waals surface area contributed by atoms with Gasteiger partial charge in [0.25, 0.3) is 0 Å². The number of anilines is 1. The van der Waals surface area contributed by atoms with Crippen molar-refractivity contribution in [2.45, 2.75) is 31.7 Å². The molecule has 6 nitrogen and oxygen atoms in total. The lowest BCUT2D eigenvalue weighted by Crippen LogP contribution is -2.34. The monoisotopic (exact) mass is 289 g/mol. The third kappa shape index (κ3) is 2.58. The Bertz CT molecular complexity index is 653. The number of aromatic carboxylic acids is 1. The molecule has 0 aliphatic heterocycles. The highest BCUT2D eigenvalue weighted by molar-refractivity contribution is 6.03. The summed E-state index contributed by atoms with van der Waals surface area (Å²) < 4.78 is 0. The number of aromatic nitrogens is 2. The van der Waals surface area contributed by atoms with Crippen LogP contribution in [0.1, 0.15) is 36.0 Å². The van der Waals surface area contributed by atoms with Crippen molar-refractivity contribution in [2.75, 3.05) is 11.9 Å². The molecular weight excluding hydrogens is 270 g/mol. The summed E-state index contributed by atoms with van der Waals surface area (Å²) in [7, 11) is 0. The van der Waals surface area contributed by atoms with Crippen LogP contribution >= 0.6 is 0 Å². The minimum Gasteiger partial charge on any atom is -0.478 e. The average Bonchev–Trinajstić information content (AvgIpc) is 2.96. The second-order valence-corrected chi connectivity index (χ2v) is 5.57. The first-order valence-electron chi connectivity index (χ1n) is 7.27. The molecule has 4 N–H and O–H groups in total. The first-order valence-corrected chi connectivity index (χ1v) is 7.27. The molecule has 112 valence electrons. The fourth-order valence-electron chi connectivity index (χ4n) is 3.13. The van der Waals surface area contributed by atoms with Crippen LogP contribution in [0, 0.1) is 5.92 Å². The number of aliphatic hydroxyl groups is 1. The Morgan fingerprint density at radius 3 is 3.00 bits per heavy atom. The number of aliphatic hydroxyl groups excluding tert-OH is 1. The summed E-state index contributed by atoms with van der Waals surface area (Å²) in [5.41, 5.74) is 1.43. The van der Waals surface area contributed by atoms with Crippen LogP contribution in [0.4, 0.5) is 5.69 Å². The lowest BCUT2D eigenvalue weighted by atomic mass is 9.84. The zero-order valence-corrected chi connectivity index (χ0v) is 11.7. The fraction of sp³-hybridized carbons (Fsp3) is 0.467. The maximum atomic E-state index is 11.4. The van der Waals surface area contributed by atoms with Gasteiger partial charge < -0.3 is 20.5 Å². The molecule has 21 heavy (non-hydrogen) atoms. The number of rotatable bonds is 4. The highest BCUT2D eigenvalue weighted by Gasteiger charge is 2.26. The molecule has 0 amide bonds. The van der Waals surface area contributed by atoms with Crippen LogP contribution in [0.3, 0.4) is 0 Å². The molecule has 0 spiro atoms. The van der Waals surface area contributed by atoms with Crippen LogP contribution < -0.4 is 5.32 Å². The zero-order chi connectivity index (χ0) is 14.8. The lowest BCUT2D eigenvalue weighted by Gasteiger charge is -2.32. The van der Waals surface area contributed by atoms with Crippen molar-refractivity contribution in [1.82, 2.24) is 9.97 Å². The number of hydrogen-bond acceptors (Lipinski definition) is 4. The molecule has 1 aliphatic carbocycles. The number of aromatic amines is 1. The molecule has 1 fully saturated rings. The molecule has 2 atom stereocenters. The van der Waals surface area contributed by atoms with Gasteiger partial charge in [-0.1, -0.05) is 12.8 Å². The van der Waals surface area contributed by atoms with Crippen LogP contribution in [0.2, 0.25) is 0 Å². The fourth-order valence-corrected chi connectivity index (χ4v) is 3.13. The van der Waals surface area contributed by atoms with Gasteiger partial charge in [0.1, 0.15) is 11.2 Å². The van der Waals surface area contributed by atoms with E-state index in [9.17, 15) is 15.0 Å². The lowest BCUT2D eigenvalue weighted by molar-refractivity contribution is 0.0697. The predicted molar refractivity (Wildman–Crippen MR) is 79.5 cm³/mol. The molecule has 0 unspecified atom stereocenters. The minimum absolute atomic E-state index is 0.0994. The number of nitrogens with zero attached hydrogens (tertiary/aromatic N) is 1. The van der Waals surface area contributed by atoms with Crippen molar-refractivity contribution < 1.29 is 15.0 Å². The normalized spacial score (nSPS) is 22.3. The highest BCUT2D eigenvalue weighted by atomic mass is 16.4. The van der Waals surface area contributed by atoms with Gasteiger partial charge in [-0.15, -0.1) is 0 Å². The highest BCUT2D eigenvalue weighted by Crippen LogP contribution is 2.31. The van der Waals surface area contributed by atoms with Gasteiger partial charge in [-0.2, -0.15) is 0 Å². The molecule has 1 aliphatic rings. The molecule has 0 aromatic carbocycles. The van der Waals surface area contributed by atoms with Crippen LogP contribution in [0.15, 0.2) is 18.5 Å². The summed E-state index contributed by atoms with van der Waals surface area (Å²) in [6, 6.07) is 1.93. The van der Waals surface area contributed by atoms with Gasteiger partial charge in [-0.3, -0.25) is 0 Å². The first-order chi connectivity index (χ1) is 10.2. The van der Waals surface area contributed by atoms with Crippen molar-refractivity contribution in [2.24, 2.45) is 5.92 Å². The number of carbonyl (C=O) groups is 1. The summed E-state index contributed by atoms with van der Waals surface area (Å²) in [5, 5.41) is 23.0. The van der Waals surface area contributed by atoms with E-state index >= 15 is 0 Å². The molecule has 3 rings (SSSR count). The zero-order valence-electron chi connectivity index (χ0n) is 11.7. The third-order valence-corrected chi connectivity index (χ3v) is 4.29. The van der Waals surface area contributed by atoms with E-state index < -0.39 is 5.97 Å². The Balaban J connectivity index is 1.99. The van der Waals surface area contributed by atoms with Crippen molar-refractivity contribution in [1.29, 1.82) is 0 Å². The minimum atomic E-state index is -0.996. The van der Waals surface area contributed by atoms with E-state index in [0.29, 0.717) is 11.3 Å². The average molecular weight is 289 g/mol. The van der Waals surface area contributed by atoms with Crippen molar-refractivity contribution in [3.63, 3.8) is 0 Å². The van der Waals surface area contributed by atoms with Gasteiger partial charge >= 0.3 is 5.97 Å². The number of H-pyrrole nitrogens is 1. The van der Waals surface area contributed by atoms with E-state index in [4.69, 9.17) is 0 Å². The SMILES string of the molecule is O=C(O)c1cnc2[nH]ccc2c1N[C@@H]1CCCC[C@@H]1CO. The molecule has 0 bridgehead atoms. The number of carboxylic acid groups (broad SMARTS) is 1.